The van der Waals surface area contributed by atoms with E-state index >= 15 is 0 Å². The molecule has 1 aromatic carbocycles. The number of hydrogen-bond acceptors (Lipinski definition) is 2. The SMILES string of the molecule is C/C(F)=C(/S)c1c(C)cc(N)cc1C(C)C. The van der Waals surface area contributed by atoms with Crippen LogP contribution in [0.5, 0.6) is 0 Å². The molecule has 0 unspecified atom stereocenters. The third kappa shape index (κ3) is 2.59. The molecule has 16 heavy (non-hydrogen) atoms. The number of benzene rings is 1. The lowest BCUT2D eigenvalue weighted by atomic mass is 9.92. The van der Waals surface area contributed by atoms with E-state index in [1.54, 1.807) is 0 Å². The minimum absolute atomic E-state index is 0.266. The second-order valence-corrected chi connectivity index (χ2v) is 4.79. The molecule has 0 aliphatic heterocycles. The molecular weight excluding hydrogens is 221 g/mol. The van der Waals surface area contributed by atoms with Gasteiger partial charge in [0.05, 0.1) is 0 Å². The van der Waals surface area contributed by atoms with Crippen LogP contribution in [0.2, 0.25) is 0 Å². The number of hydrogen-bond donors (Lipinski definition) is 2. The third-order valence-corrected chi connectivity index (χ3v) is 3.11. The van der Waals surface area contributed by atoms with Crippen molar-refractivity contribution in [1.82, 2.24) is 0 Å². The molecular formula is C13H18FNS. The van der Waals surface area contributed by atoms with Gasteiger partial charge >= 0.3 is 0 Å². The van der Waals surface area contributed by atoms with Crippen LogP contribution in [0, 0.1) is 6.92 Å². The number of halogens is 1. The number of aryl methyl sites for hydroxylation is 1. The molecule has 1 rings (SSSR count). The Balaban J connectivity index is 3.54. The van der Waals surface area contributed by atoms with Crippen LogP contribution in [-0.2, 0) is 0 Å². The quantitative estimate of drug-likeness (QED) is 0.584. The Morgan fingerprint density at radius 2 is 1.94 bits per heavy atom. The van der Waals surface area contributed by atoms with E-state index in [0.717, 1.165) is 16.7 Å². The van der Waals surface area contributed by atoms with Crippen molar-refractivity contribution in [3.8, 4) is 0 Å². The average Bonchev–Trinajstić information content (AvgIpc) is 2.15. The van der Waals surface area contributed by atoms with Gasteiger partial charge in [0.15, 0.2) is 0 Å². The first kappa shape index (κ1) is 13.1. The topological polar surface area (TPSA) is 26.0 Å². The highest BCUT2D eigenvalue weighted by atomic mass is 32.1. The zero-order valence-electron chi connectivity index (χ0n) is 10.1. The summed E-state index contributed by atoms with van der Waals surface area (Å²) in [6, 6.07) is 3.74. The maximum atomic E-state index is 13.3. The first-order valence-electron chi connectivity index (χ1n) is 5.30. The van der Waals surface area contributed by atoms with Crippen LogP contribution in [0.1, 0.15) is 43.4 Å². The van der Waals surface area contributed by atoms with Gasteiger partial charge in [0.2, 0.25) is 0 Å². The van der Waals surface area contributed by atoms with Gasteiger partial charge in [-0.15, -0.1) is 12.6 Å². The molecule has 3 heteroatoms. The first-order chi connectivity index (χ1) is 7.34. The van der Waals surface area contributed by atoms with E-state index in [4.69, 9.17) is 5.73 Å². The van der Waals surface area contributed by atoms with Crippen LogP contribution in [0.4, 0.5) is 10.1 Å². The lowest BCUT2D eigenvalue weighted by Crippen LogP contribution is -2.00. The Hall–Kier alpha value is -0.960. The van der Waals surface area contributed by atoms with Crippen LogP contribution in [-0.4, -0.2) is 0 Å². The molecule has 1 aromatic rings. The largest absolute Gasteiger partial charge is 0.399 e. The molecule has 88 valence electrons. The zero-order chi connectivity index (χ0) is 12.5. The monoisotopic (exact) mass is 239 g/mol. The Bertz CT molecular complexity index is 432. The molecule has 0 atom stereocenters. The van der Waals surface area contributed by atoms with Gasteiger partial charge in [-0.1, -0.05) is 13.8 Å². The number of thiol groups is 1. The van der Waals surface area contributed by atoms with Crippen LogP contribution < -0.4 is 5.73 Å². The van der Waals surface area contributed by atoms with E-state index in [1.165, 1.54) is 6.92 Å². The third-order valence-electron chi connectivity index (χ3n) is 2.57. The fourth-order valence-electron chi connectivity index (χ4n) is 1.79. The summed E-state index contributed by atoms with van der Waals surface area (Å²) in [5.41, 5.74) is 9.39. The number of allylic oxidation sites excluding steroid dienone is 1. The molecule has 2 N–H and O–H groups in total. The standard InChI is InChI=1S/C13H18FNS/c1-7(2)11-6-10(15)5-8(3)12(11)13(16)9(4)14/h5-7,16H,15H2,1-4H3/b13-9-. The smallest absolute Gasteiger partial charge is 0.111 e. The van der Waals surface area contributed by atoms with Crippen molar-refractivity contribution in [2.45, 2.75) is 33.6 Å². The normalized spacial score (nSPS) is 12.9. The molecule has 0 fully saturated rings. The molecule has 0 amide bonds. The Labute approximate surface area is 102 Å². The summed E-state index contributed by atoms with van der Waals surface area (Å²) >= 11 is 4.25. The van der Waals surface area contributed by atoms with E-state index in [0.29, 0.717) is 16.5 Å². The van der Waals surface area contributed by atoms with Gasteiger partial charge in [0, 0.05) is 10.6 Å². The molecule has 0 saturated carbocycles. The maximum Gasteiger partial charge on any atom is 0.111 e. The van der Waals surface area contributed by atoms with Gasteiger partial charge in [0.1, 0.15) is 5.83 Å². The number of anilines is 1. The first-order valence-corrected chi connectivity index (χ1v) is 5.75. The lowest BCUT2D eigenvalue weighted by Gasteiger charge is -2.17. The second-order valence-electron chi connectivity index (χ2n) is 4.34. The predicted molar refractivity (Wildman–Crippen MR) is 72.4 cm³/mol. The van der Waals surface area contributed by atoms with Crippen molar-refractivity contribution in [1.29, 1.82) is 0 Å². The minimum Gasteiger partial charge on any atom is -0.399 e. The van der Waals surface area contributed by atoms with Crippen LogP contribution >= 0.6 is 12.6 Å². The van der Waals surface area contributed by atoms with Crippen molar-refractivity contribution < 1.29 is 4.39 Å². The van der Waals surface area contributed by atoms with Crippen LogP contribution in [0.25, 0.3) is 4.91 Å². The lowest BCUT2D eigenvalue weighted by molar-refractivity contribution is 0.646. The summed E-state index contributed by atoms with van der Waals surface area (Å²) < 4.78 is 13.3. The summed E-state index contributed by atoms with van der Waals surface area (Å²) in [4.78, 5) is 0.404. The molecule has 0 saturated heterocycles. The van der Waals surface area contributed by atoms with E-state index in [1.807, 2.05) is 19.1 Å². The molecule has 0 aromatic heterocycles. The molecule has 0 aliphatic carbocycles. The van der Waals surface area contributed by atoms with E-state index < -0.39 is 0 Å². The summed E-state index contributed by atoms with van der Waals surface area (Å²) in [6.07, 6.45) is 0. The highest BCUT2D eigenvalue weighted by molar-refractivity contribution is 7.90. The van der Waals surface area contributed by atoms with Gasteiger partial charge < -0.3 is 5.73 Å². The van der Waals surface area contributed by atoms with Crippen molar-refractivity contribution in [3.05, 3.63) is 34.6 Å². The van der Waals surface area contributed by atoms with Crippen molar-refractivity contribution in [2.75, 3.05) is 5.73 Å². The summed E-state index contributed by atoms with van der Waals surface area (Å²) in [7, 11) is 0. The maximum absolute atomic E-state index is 13.3. The molecule has 0 aliphatic rings. The van der Waals surface area contributed by atoms with Crippen LogP contribution in [0.15, 0.2) is 18.0 Å². The number of nitrogen functional groups attached to an aromatic ring is 1. The van der Waals surface area contributed by atoms with Gasteiger partial charge in [0.25, 0.3) is 0 Å². The second kappa shape index (κ2) is 4.91. The molecule has 1 nitrogen and oxygen atoms in total. The average molecular weight is 239 g/mol. The minimum atomic E-state index is -0.266. The molecule has 0 bridgehead atoms. The number of rotatable bonds is 2. The summed E-state index contributed by atoms with van der Waals surface area (Å²) in [5.74, 6) is 0.0248. The van der Waals surface area contributed by atoms with E-state index in [-0.39, 0.29) is 5.83 Å². The van der Waals surface area contributed by atoms with Crippen molar-refractivity contribution in [2.24, 2.45) is 0 Å². The predicted octanol–water partition coefficient (Wildman–Crippen LogP) is 4.29. The van der Waals surface area contributed by atoms with Gasteiger partial charge in [-0.25, -0.2) is 4.39 Å². The number of nitrogens with two attached hydrogens (primary N) is 1. The molecule has 0 spiro atoms. The Kier molecular flexibility index (Phi) is 4.03. The van der Waals surface area contributed by atoms with E-state index in [2.05, 4.69) is 26.5 Å². The highest BCUT2D eigenvalue weighted by Gasteiger charge is 2.14. The van der Waals surface area contributed by atoms with Gasteiger partial charge in [-0.2, -0.15) is 0 Å². The fourth-order valence-corrected chi connectivity index (χ4v) is 2.10. The van der Waals surface area contributed by atoms with Gasteiger partial charge in [-0.3, -0.25) is 0 Å². The molecule has 0 heterocycles. The van der Waals surface area contributed by atoms with Crippen molar-refractivity contribution >= 4 is 23.2 Å². The molecule has 0 radical (unpaired) electrons. The van der Waals surface area contributed by atoms with Crippen molar-refractivity contribution in [3.63, 3.8) is 0 Å². The Morgan fingerprint density at radius 3 is 2.38 bits per heavy atom. The summed E-state index contributed by atoms with van der Waals surface area (Å²) in [6.45, 7) is 7.47. The zero-order valence-corrected chi connectivity index (χ0v) is 11.0. The summed E-state index contributed by atoms with van der Waals surface area (Å²) in [5, 5.41) is 0. The van der Waals surface area contributed by atoms with E-state index in [9.17, 15) is 4.39 Å². The Morgan fingerprint density at radius 1 is 1.38 bits per heavy atom. The van der Waals surface area contributed by atoms with Crippen LogP contribution in [0.3, 0.4) is 0 Å². The highest BCUT2D eigenvalue weighted by Crippen LogP contribution is 2.34. The van der Waals surface area contributed by atoms with Gasteiger partial charge in [-0.05, 0) is 48.6 Å². The fraction of sp³-hybridized carbons (Fsp3) is 0.385.